The number of hydrogen-bond acceptors (Lipinski definition) is 6. The molecule has 12 heteroatoms. The smallest absolute Gasteiger partial charge is 0.257 e. The van der Waals surface area contributed by atoms with E-state index in [9.17, 15) is 14.7 Å². The maximum atomic E-state index is 17.5. The lowest BCUT2D eigenvalue weighted by molar-refractivity contribution is -0.255. The molecule has 7 rings (SSSR count). The molecule has 0 unspecified atom stereocenters. The first-order valence-corrected chi connectivity index (χ1v) is 21.6. The van der Waals surface area contributed by atoms with Gasteiger partial charge in [0.05, 0.1) is 25.8 Å². The number of anilines is 1. The first-order chi connectivity index (χ1) is 27.9. The fourth-order valence-corrected chi connectivity index (χ4v) is 10.4. The average Bonchev–Trinajstić information content (AvgIpc) is 3.19. The molecule has 0 fully saturated rings. The van der Waals surface area contributed by atoms with Gasteiger partial charge in [0.25, 0.3) is 5.91 Å². The van der Waals surface area contributed by atoms with Crippen molar-refractivity contribution in [1.29, 1.82) is 0 Å². The molecule has 1 N–H and O–H groups in total. The van der Waals surface area contributed by atoms with Crippen LogP contribution < -0.4 is 30.5 Å². The van der Waals surface area contributed by atoms with Gasteiger partial charge in [0.1, 0.15) is 25.0 Å². The Hall–Kier alpha value is -3.93. The molecule has 1 aliphatic carbocycles. The third-order valence-corrected chi connectivity index (χ3v) is 12.8. The van der Waals surface area contributed by atoms with Crippen LogP contribution >= 0.6 is 11.6 Å². The number of amides is 1. The van der Waals surface area contributed by atoms with Gasteiger partial charge in [0.2, 0.25) is 5.36 Å². The fraction of sp³-hybridized carbons (Fsp3) is 0.543. The molecule has 3 aliphatic heterocycles. The SMILES string of the molecule is CCc1cc2c(c3c1=[N+](C)CCC3)C(C)(C)c1c(cc3c4c1CCCN4CCC3)C=2c1c(F)c(C(=O)NCCOCCOCCCCCCCl)c(F)c(F)c1C(=O)[O-]. The van der Waals surface area contributed by atoms with Crippen LogP contribution in [0.3, 0.4) is 0 Å². The molecule has 3 aromatic carbocycles. The number of alkyl halides is 1. The van der Waals surface area contributed by atoms with E-state index in [0.717, 1.165) is 123 Å². The molecular formula is C46H55ClF3N3O5. The normalized spacial score (nSPS) is 16.4. The number of carbonyl (C=O) groups excluding carboxylic acids is 2. The van der Waals surface area contributed by atoms with Crippen LogP contribution in [0.2, 0.25) is 0 Å². The maximum absolute atomic E-state index is 17.5. The number of benzene rings is 3. The highest BCUT2D eigenvalue weighted by molar-refractivity contribution is 6.17. The number of fused-ring (bicyclic) bond motifs is 5. The highest BCUT2D eigenvalue weighted by Crippen LogP contribution is 2.50. The molecule has 0 saturated carbocycles. The van der Waals surface area contributed by atoms with Gasteiger partial charge in [-0.3, -0.25) is 4.79 Å². The zero-order valence-electron chi connectivity index (χ0n) is 34.2. The van der Waals surface area contributed by atoms with Crippen molar-refractivity contribution < 1.29 is 37.3 Å². The van der Waals surface area contributed by atoms with Gasteiger partial charge >= 0.3 is 0 Å². The van der Waals surface area contributed by atoms with Crippen LogP contribution in [0.25, 0.3) is 5.57 Å². The molecular weight excluding hydrogens is 767 g/mol. The molecule has 0 aromatic heterocycles. The van der Waals surface area contributed by atoms with E-state index in [0.29, 0.717) is 36.3 Å². The van der Waals surface area contributed by atoms with Crippen molar-refractivity contribution in [3.8, 4) is 0 Å². The summed E-state index contributed by atoms with van der Waals surface area (Å²) in [4.78, 5) is 29.1. The zero-order chi connectivity index (χ0) is 41.3. The molecule has 4 aliphatic rings. The van der Waals surface area contributed by atoms with Crippen LogP contribution in [0.15, 0.2) is 12.1 Å². The molecule has 0 spiro atoms. The second-order valence-corrected chi connectivity index (χ2v) is 17.0. The minimum atomic E-state index is -2.07. The summed E-state index contributed by atoms with van der Waals surface area (Å²) in [5.41, 5.74) is 4.35. The summed E-state index contributed by atoms with van der Waals surface area (Å²) in [5.74, 6) is -7.80. The summed E-state index contributed by atoms with van der Waals surface area (Å²) >= 11 is 5.71. The van der Waals surface area contributed by atoms with E-state index in [4.69, 9.17) is 21.1 Å². The molecule has 0 atom stereocenters. The number of ether oxygens (including phenoxy) is 2. The average molecular weight is 822 g/mol. The molecule has 312 valence electrons. The third-order valence-electron chi connectivity index (χ3n) is 12.6. The number of halogens is 4. The van der Waals surface area contributed by atoms with E-state index in [1.807, 2.05) is 19.1 Å². The molecule has 3 heterocycles. The summed E-state index contributed by atoms with van der Waals surface area (Å²) in [5, 5.41) is 17.1. The van der Waals surface area contributed by atoms with E-state index in [1.54, 1.807) is 0 Å². The lowest BCUT2D eigenvalue weighted by atomic mass is 9.63. The summed E-state index contributed by atoms with van der Waals surface area (Å²) in [6.45, 7) is 10.1. The first kappa shape index (κ1) is 42.2. The second kappa shape index (κ2) is 17.7. The van der Waals surface area contributed by atoms with Crippen molar-refractivity contribution in [1.82, 2.24) is 9.89 Å². The highest BCUT2D eigenvalue weighted by Gasteiger charge is 2.44. The predicted octanol–water partition coefficient (Wildman–Crippen LogP) is 5.24. The van der Waals surface area contributed by atoms with Gasteiger partial charge in [0, 0.05) is 77.5 Å². The zero-order valence-corrected chi connectivity index (χ0v) is 35.0. The largest absolute Gasteiger partial charge is 0.545 e. The molecule has 0 radical (unpaired) electrons. The monoisotopic (exact) mass is 821 g/mol. The summed E-state index contributed by atoms with van der Waals surface area (Å²) < 4.78 is 63.3. The van der Waals surface area contributed by atoms with Gasteiger partial charge in [0.15, 0.2) is 11.6 Å². The summed E-state index contributed by atoms with van der Waals surface area (Å²) in [6, 6.07) is 4.00. The minimum Gasteiger partial charge on any atom is -0.545 e. The van der Waals surface area contributed by atoms with Gasteiger partial charge in [-0.25, -0.2) is 17.7 Å². The Labute approximate surface area is 344 Å². The summed E-state index contributed by atoms with van der Waals surface area (Å²) in [6.07, 6.45) is 9.59. The number of nitrogens with zero attached hydrogens (tertiary/aromatic N) is 2. The Kier molecular flexibility index (Phi) is 12.9. The van der Waals surface area contributed by atoms with E-state index < -0.39 is 51.4 Å². The van der Waals surface area contributed by atoms with Crippen molar-refractivity contribution in [2.75, 3.05) is 70.4 Å². The molecule has 1 amide bonds. The number of aryl methyl sites for hydroxylation is 2. The Morgan fingerprint density at radius 2 is 1.57 bits per heavy atom. The van der Waals surface area contributed by atoms with Gasteiger partial charge in [-0.1, -0.05) is 33.6 Å². The number of carbonyl (C=O) groups is 2. The Bertz CT molecular complexity index is 2260. The Morgan fingerprint density at radius 1 is 0.879 bits per heavy atom. The number of rotatable bonds is 16. The molecule has 58 heavy (non-hydrogen) atoms. The Balaban J connectivity index is 1.36. The fourth-order valence-electron chi connectivity index (χ4n) is 10.2. The van der Waals surface area contributed by atoms with Crippen LogP contribution in [0.1, 0.15) is 131 Å². The van der Waals surface area contributed by atoms with Crippen molar-refractivity contribution in [2.24, 2.45) is 0 Å². The topological polar surface area (TPSA) is 93.9 Å². The van der Waals surface area contributed by atoms with Crippen LogP contribution in [-0.2, 0) is 40.6 Å². The second-order valence-electron chi connectivity index (χ2n) is 16.6. The molecule has 3 aromatic rings. The van der Waals surface area contributed by atoms with E-state index in [-0.39, 0.29) is 25.3 Å². The van der Waals surface area contributed by atoms with E-state index in [2.05, 4.69) is 35.7 Å². The number of nitrogens with one attached hydrogen (secondary N) is 1. The lowest BCUT2D eigenvalue weighted by Gasteiger charge is -2.44. The van der Waals surface area contributed by atoms with Gasteiger partial charge in [-0.15, -0.1) is 11.6 Å². The number of carboxylic acids is 1. The number of carboxylic acid groups (broad SMARTS) is 1. The van der Waals surface area contributed by atoms with Gasteiger partial charge in [-0.05, 0) is 96.5 Å². The maximum Gasteiger partial charge on any atom is 0.257 e. The minimum absolute atomic E-state index is 0.0119. The molecule has 0 bridgehead atoms. The van der Waals surface area contributed by atoms with Crippen molar-refractivity contribution >= 4 is 34.7 Å². The predicted molar refractivity (Wildman–Crippen MR) is 218 cm³/mol. The Morgan fingerprint density at radius 3 is 2.29 bits per heavy atom. The van der Waals surface area contributed by atoms with Crippen molar-refractivity contribution in [3.63, 3.8) is 0 Å². The molecule has 8 nitrogen and oxygen atoms in total. The number of hydrogen-bond donors (Lipinski definition) is 1. The van der Waals surface area contributed by atoms with Crippen LogP contribution in [-0.4, -0.2) is 77.4 Å². The standard InChI is InChI=1S/C46H55ClF3N3O5/c1-5-27-25-31-33(34-35(45(55)56)40(49)41(50)36(39(34)48)44(54)51-17-22-58-24-23-57-21-9-7-6-8-16-47)32-26-28-13-10-19-53-20-12-15-30(43(28)53)38(32)46(2,3)37(31)29-14-11-18-52(4)42(27)29/h25-26H,5-24H2,1-4H3,(H-,51,54,55,56). The van der Waals surface area contributed by atoms with Crippen LogP contribution in [0, 0.1) is 17.5 Å². The highest BCUT2D eigenvalue weighted by atomic mass is 35.5. The lowest BCUT2D eigenvalue weighted by Crippen LogP contribution is -2.46. The quantitative estimate of drug-likeness (QED) is 0.0920. The van der Waals surface area contributed by atoms with E-state index in [1.165, 1.54) is 5.69 Å². The van der Waals surface area contributed by atoms with E-state index >= 15 is 13.2 Å². The first-order valence-electron chi connectivity index (χ1n) is 21.1. The third kappa shape index (κ3) is 7.56. The van der Waals surface area contributed by atoms with Crippen molar-refractivity contribution in [3.05, 3.63) is 95.8 Å². The number of aromatic carboxylic acids is 1. The van der Waals surface area contributed by atoms with Crippen LogP contribution in [0.4, 0.5) is 18.9 Å². The molecule has 0 saturated heterocycles. The van der Waals surface area contributed by atoms with Gasteiger partial charge in [-0.2, -0.15) is 0 Å². The number of unbranched alkanes of at least 4 members (excludes halogenated alkanes) is 3. The van der Waals surface area contributed by atoms with Crippen LogP contribution in [0.5, 0.6) is 0 Å². The van der Waals surface area contributed by atoms with Gasteiger partial charge < -0.3 is 29.6 Å². The summed E-state index contributed by atoms with van der Waals surface area (Å²) in [7, 11) is 2.07. The van der Waals surface area contributed by atoms with Crippen molar-refractivity contribution in [2.45, 2.75) is 96.8 Å².